The molecule has 0 radical (unpaired) electrons. The van der Waals surface area contributed by atoms with E-state index in [9.17, 15) is 9.59 Å². The minimum absolute atomic E-state index is 0.0484. The number of hydrogen-bond donors (Lipinski definition) is 1. The number of nitrogens with zero attached hydrogens (tertiary/aromatic N) is 2. The number of hydrogen-bond acceptors (Lipinski definition) is 4. The topological polar surface area (TPSA) is 61.9 Å². The van der Waals surface area contributed by atoms with Crippen LogP contribution in [-0.2, 0) is 16.0 Å². The van der Waals surface area contributed by atoms with Gasteiger partial charge in [0.05, 0.1) is 5.69 Å². The van der Waals surface area contributed by atoms with Gasteiger partial charge in [-0.2, -0.15) is 0 Å². The van der Waals surface area contributed by atoms with Crippen molar-refractivity contribution < 1.29 is 14.3 Å². The summed E-state index contributed by atoms with van der Waals surface area (Å²) in [5.41, 5.74) is 3.74. The second-order valence-electron chi connectivity index (χ2n) is 7.71. The molecule has 0 aromatic heterocycles. The second kappa shape index (κ2) is 9.56. The lowest BCUT2D eigenvalue weighted by molar-refractivity contribution is -0.121. The fraction of sp³-hybridized carbons (Fsp3) is 0.391. The lowest BCUT2D eigenvalue weighted by atomic mass is 10.1. The number of carbonyl (C=O) groups excluding carboxylic acids is 2. The smallest absolute Gasteiger partial charge is 0.265 e. The van der Waals surface area contributed by atoms with E-state index in [1.807, 2.05) is 39.2 Å². The van der Waals surface area contributed by atoms with Crippen molar-refractivity contribution in [2.75, 3.05) is 44.0 Å². The van der Waals surface area contributed by atoms with E-state index in [2.05, 4.69) is 34.5 Å². The highest BCUT2D eigenvalue weighted by atomic mass is 16.5. The lowest BCUT2D eigenvalue weighted by Gasteiger charge is -2.30. The van der Waals surface area contributed by atoms with Crippen molar-refractivity contribution in [1.29, 1.82) is 0 Å². The molecule has 0 fully saturated rings. The molecule has 1 heterocycles. The van der Waals surface area contributed by atoms with Crippen LogP contribution in [0.3, 0.4) is 0 Å². The highest BCUT2D eigenvalue weighted by molar-refractivity contribution is 5.99. The van der Waals surface area contributed by atoms with Crippen LogP contribution in [0.1, 0.15) is 24.0 Å². The first-order valence-corrected chi connectivity index (χ1v) is 10.00. The van der Waals surface area contributed by atoms with Gasteiger partial charge in [0.1, 0.15) is 5.75 Å². The van der Waals surface area contributed by atoms with Gasteiger partial charge < -0.3 is 19.9 Å². The molecule has 0 spiro atoms. The zero-order valence-electron chi connectivity index (χ0n) is 17.4. The van der Waals surface area contributed by atoms with Gasteiger partial charge in [-0.25, -0.2) is 0 Å². The number of aryl methyl sites for hydroxylation is 2. The van der Waals surface area contributed by atoms with Crippen LogP contribution in [0.15, 0.2) is 42.5 Å². The molecule has 6 nitrogen and oxygen atoms in total. The molecule has 2 aromatic carbocycles. The van der Waals surface area contributed by atoms with Gasteiger partial charge in [-0.15, -0.1) is 0 Å². The predicted molar refractivity (Wildman–Crippen MR) is 116 cm³/mol. The Kier molecular flexibility index (Phi) is 6.88. The fourth-order valence-electron chi connectivity index (χ4n) is 3.31. The quantitative estimate of drug-likeness (QED) is 0.745. The first-order valence-electron chi connectivity index (χ1n) is 10.00. The van der Waals surface area contributed by atoms with Crippen molar-refractivity contribution in [2.24, 2.45) is 0 Å². The van der Waals surface area contributed by atoms with Gasteiger partial charge in [0, 0.05) is 18.7 Å². The maximum atomic E-state index is 12.4. The first-order chi connectivity index (χ1) is 13.9. The zero-order valence-corrected chi connectivity index (χ0v) is 17.4. The summed E-state index contributed by atoms with van der Waals surface area (Å²) in [5.74, 6) is 0.568. The molecule has 2 aromatic rings. The summed E-state index contributed by atoms with van der Waals surface area (Å²) >= 11 is 0. The molecule has 0 unspecified atom stereocenters. The molecule has 29 heavy (non-hydrogen) atoms. The summed E-state index contributed by atoms with van der Waals surface area (Å²) in [6, 6.07) is 13.7. The van der Waals surface area contributed by atoms with Crippen molar-refractivity contribution in [3.63, 3.8) is 0 Å². The van der Waals surface area contributed by atoms with Gasteiger partial charge in [-0.1, -0.05) is 29.8 Å². The molecule has 1 N–H and O–H groups in total. The van der Waals surface area contributed by atoms with E-state index in [1.165, 1.54) is 5.56 Å². The molecular weight excluding hydrogens is 366 g/mol. The Bertz CT molecular complexity index is 862. The maximum Gasteiger partial charge on any atom is 0.265 e. The van der Waals surface area contributed by atoms with Crippen LogP contribution >= 0.6 is 0 Å². The Morgan fingerprint density at radius 2 is 1.93 bits per heavy atom. The molecule has 1 aliphatic rings. The average Bonchev–Trinajstić information content (AvgIpc) is 2.69. The van der Waals surface area contributed by atoms with Gasteiger partial charge in [0.25, 0.3) is 5.91 Å². The highest BCUT2D eigenvalue weighted by Gasteiger charge is 2.25. The molecule has 0 atom stereocenters. The monoisotopic (exact) mass is 395 g/mol. The van der Waals surface area contributed by atoms with Gasteiger partial charge in [0.15, 0.2) is 6.61 Å². The summed E-state index contributed by atoms with van der Waals surface area (Å²) in [6.07, 6.45) is 1.96. The van der Waals surface area contributed by atoms with Gasteiger partial charge in [0.2, 0.25) is 5.91 Å². The van der Waals surface area contributed by atoms with E-state index in [4.69, 9.17) is 4.74 Å². The van der Waals surface area contributed by atoms with Crippen LogP contribution in [0, 0.1) is 6.92 Å². The second-order valence-corrected chi connectivity index (χ2v) is 7.71. The molecule has 2 amide bonds. The average molecular weight is 396 g/mol. The van der Waals surface area contributed by atoms with Crippen LogP contribution in [-0.4, -0.2) is 50.5 Å². The third-order valence-electron chi connectivity index (χ3n) is 4.93. The number of anilines is 2. The van der Waals surface area contributed by atoms with Gasteiger partial charge in [-0.3, -0.25) is 9.59 Å². The Morgan fingerprint density at radius 1 is 1.17 bits per heavy atom. The number of ether oxygens (including phenoxy) is 1. The fourth-order valence-corrected chi connectivity index (χ4v) is 3.31. The summed E-state index contributed by atoms with van der Waals surface area (Å²) in [4.78, 5) is 28.6. The van der Waals surface area contributed by atoms with Crippen molar-refractivity contribution in [3.05, 3.63) is 53.6 Å². The Balaban J connectivity index is 1.63. The van der Waals surface area contributed by atoms with Crippen LogP contribution in [0.5, 0.6) is 5.75 Å². The number of nitrogens with one attached hydrogen (secondary N) is 1. The number of rotatable bonds is 8. The predicted octanol–water partition coefficient (Wildman–Crippen LogP) is 3.24. The van der Waals surface area contributed by atoms with E-state index in [0.29, 0.717) is 30.8 Å². The van der Waals surface area contributed by atoms with E-state index >= 15 is 0 Å². The lowest BCUT2D eigenvalue weighted by Crippen LogP contribution is -2.40. The molecule has 0 aliphatic carbocycles. The van der Waals surface area contributed by atoms with E-state index in [-0.39, 0.29) is 18.4 Å². The molecule has 154 valence electrons. The Labute approximate surface area is 172 Å². The molecule has 6 heteroatoms. The van der Waals surface area contributed by atoms with E-state index < -0.39 is 0 Å². The highest BCUT2D eigenvalue weighted by Crippen LogP contribution is 2.34. The third-order valence-corrected chi connectivity index (χ3v) is 4.93. The van der Waals surface area contributed by atoms with Crippen LogP contribution in [0.25, 0.3) is 0 Å². The first kappa shape index (κ1) is 20.9. The number of carbonyl (C=O) groups is 2. The minimum atomic E-state index is -0.0564. The Morgan fingerprint density at radius 3 is 2.66 bits per heavy atom. The van der Waals surface area contributed by atoms with E-state index in [1.54, 1.807) is 4.90 Å². The molecular formula is C23H29N3O3. The summed E-state index contributed by atoms with van der Waals surface area (Å²) in [6.45, 7) is 3.62. The number of benzene rings is 2. The van der Waals surface area contributed by atoms with Crippen molar-refractivity contribution >= 4 is 23.2 Å². The summed E-state index contributed by atoms with van der Waals surface area (Å²) < 4.78 is 5.55. The van der Waals surface area contributed by atoms with Crippen LogP contribution in [0.2, 0.25) is 0 Å². The van der Waals surface area contributed by atoms with Crippen LogP contribution < -0.4 is 15.0 Å². The number of amides is 2. The van der Waals surface area contributed by atoms with Crippen LogP contribution in [0.4, 0.5) is 11.4 Å². The maximum absolute atomic E-state index is 12.4. The molecule has 0 saturated heterocycles. The SMILES string of the molecule is Cc1ccc(CCC(=O)Nc2ccc3c(c2)N(CCCN(C)C)C(=O)CO3)cc1. The normalized spacial score (nSPS) is 13.2. The van der Waals surface area contributed by atoms with Gasteiger partial charge >= 0.3 is 0 Å². The third kappa shape index (κ3) is 5.81. The molecule has 1 aliphatic heterocycles. The van der Waals surface area contributed by atoms with E-state index in [0.717, 1.165) is 24.2 Å². The summed E-state index contributed by atoms with van der Waals surface area (Å²) in [7, 11) is 4.03. The number of fused-ring (bicyclic) bond motifs is 1. The van der Waals surface area contributed by atoms with Crippen molar-refractivity contribution in [1.82, 2.24) is 4.90 Å². The molecule has 0 bridgehead atoms. The minimum Gasteiger partial charge on any atom is -0.482 e. The van der Waals surface area contributed by atoms with Gasteiger partial charge in [-0.05, 0) is 64.2 Å². The van der Waals surface area contributed by atoms with Crippen molar-refractivity contribution in [2.45, 2.75) is 26.2 Å². The zero-order chi connectivity index (χ0) is 20.8. The van der Waals surface area contributed by atoms with Crippen molar-refractivity contribution in [3.8, 4) is 5.75 Å². The summed E-state index contributed by atoms with van der Waals surface area (Å²) in [5, 5.41) is 2.94. The molecule has 3 rings (SSSR count). The standard InChI is InChI=1S/C23H29N3O3/c1-17-5-7-18(8-6-17)9-12-22(27)24-19-10-11-21-20(15-19)26(23(28)16-29-21)14-4-13-25(2)3/h5-8,10-11,15H,4,9,12-14,16H2,1-3H3,(H,24,27). The Hall–Kier alpha value is -2.86. The largest absolute Gasteiger partial charge is 0.482 e. The molecule has 0 saturated carbocycles.